The molecule has 0 saturated carbocycles. The molecule has 2 aromatic carbocycles. The van der Waals surface area contributed by atoms with Gasteiger partial charge in [-0.15, -0.1) is 5.11 Å². The van der Waals surface area contributed by atoms with Gasteiger partial charge in [0.1, 0.15) is 0 Å². The fraction of sp³-hybridized carbons (Fsp3) is 0.133. The van der Waals surface area contributed by atoms with Gasteiger partial charge in [-0.2, -0.15) is 0 Å². The van der Waals surface area contributed by atoms with E-state index in [-0.39, 0.29) is 11.3 Å². The Balaban J connectivity index is 2.01. The van der Waals surface area contributed by atoms with Crippen LogP contribution in [0.4, 0.5) is 11.4 Å². The van der Waals surface area contributed by atoms with E-state index in [9.17, 15) is 14.9 Å². The number of nitrogens with zero attached hydrogens (tertiary/aromatic N) is 4. The van der Waals surface area contributed by atoms with Crippen LogP contribution in [0.5, 0.6) is 0 Å². The number of non-ortho nitro benzene ring substituents is 1. The van der Waals surface area contributed by atoms with Crippen molar-refractivity contribution in [3.8, 4) is 0 Å². The maximum Gasteiger partial charge on any atom is 0.335 e. The summed E-state index contributed by atoms with van der Waals surface area (Å²) in [5, 5.41) is 29.0. The zero-order valence-electron chi connectivity index (χ0n) is 12.3. The third-order valence-corrected chi connectivity index (χ3v) is 2.96. The summed E-state index contributed by atoms with van der Waals surface area (Å²) in [6.07, 6.45) is 0. The van der Waals surface area contributed by atoms with Crippen LogP contribution < -0.4 is 0 Å². The minimum atomic E-state index is -1.00. The highest BCUT2D eigenvalue weighted by atomic mass is 16.6. The van der Waals surface area contributed by atoms with Crippen LogP contribution >= 0.6 is 0 Å². The number of carbonyl (C=O) groups is 1. The van der Waals surface area contributed by atoms with Gasteiger partial charge in [-0.1, -0.05) is 17.4 Å². The number of carboxylic acid groups (broad SMARTS) is 1. The third-order valence-electron chi connectivity index (χ3n) is 2.96. The van der Waals surface area contributed by atoms with Crippen LogP contribution in [-0.4, -0.2) is 28.1 Å². The number of carboxylic acids is 1. The minimum absolute atomic E-state index is 0.0251. The molecular formula is C15H14N4O4. The minimum Gasteiger partial charge on any atom is -0.478 e. The summed E-state index contributed by atoms with van der Waals surface area (Å²) in [6, 6.07) is 12.3. The van der Waals surface area contributed by atoms with Gasteiger partial charge in [-0.05, 0) is 29.8 Å². The molecule has 0 saturated heterocycles. The highest BCUT2D eigenvalue weighted by Crippen LogP contribution is 2.16. The highest BCUT2D eigenvalue weighted by molar-refractivity contribution is 5.87. The van der Waals surface area contributed by atoms with Crippen molar-refractivity contribution in [1.82, 2.24) is 5.01 Å². The Labute approximate surface area is 131 Å². The molecule has 8 nitrogen and oxygen atoms in total. The summed E-state index contributed by atoms with van der Waals surface area (Å²) >= 11 is 0. The van der Waals surface area contributed by atoms with Gasteiger partial charge in [0.25, 0.3) is 5.69 Å². The molecule has 8 heteroatoms. The largest absolute Gasteiger partial charge is 0.478 e. The summed E-state index contributed by atoms with van der Waals surface area (Å²) in [4.78, 5) is 21.0. The topological polar surface area (TPSA) is 108 Å². The lowest BCUT2D eigenvalue weighted by atomic mass is 10.2. The van der Waals surface area contributed by atoms with Gasteiger partial charge in [0, 0.05) is 19.2 Å². The van der Waals surface area contributed by atoms with Crippen LogP contribution in [0.1, 0.15) is 15.9 Å². The van der Waals surface area contributed by atoms with E-state index in [1.807, 2.05) is 0 Å². The average Bonchev–Trinajstić information content (AvgIpc) is 2.53. The van der Waals surface area contributed by atoms with Gasteiger partial charge in [0.05, 0.1) is 22.7 Å². The second kappa shape index (κ2) is 7.12. The van der Waals surface area contributed by atoms with E-state index >= 15 is 0 Å². The third kappa shape index (κ3) is 4.60. The summed E-state index contributed by atoms with van der Waals surface area (Å²) in [5.74, 6) is -1.00. The van der Waals surface area contributed by atoms with Crippen molar-refractivity contribution >= 4 is 17.3 Å². The Morgan fingerprint density at radius 2 is 1.96 bits per heavy atom. The lowest BCUT2D eigenvalue weighted by molar-refractivity contribution is -0.384. The monoisotopic (exact) mass is 314 g/mol. The van der Waals surface area contributed by atoms with E-state index in [0.29, 0.717) is 12.2 Å². The Morgan fingerprint density at radius 1 is 1.26 bits per heavy atom. The first-order valence-electron chi connectivity index (χ1n) is 6.65. The molecule has 0 radical (unpaired) electrons. The molecule has 0 atom stereocenters. The van der Waals surface area contributed by atoms with Crippen LogP contribution in [0, 0.1) is 10.1 Å². The number of benzene rings is 2. The quantitative estimate of drug-likeness (QED) is 0.499. The van der Waals surface area contributed by atoms with Crippen molar-refractivity contribution in [2.45, 2.75) is 6.54 Å². The number of hydrogen-bond acceptors (Lipinski definition) is 5. The first-order chi connectivity index (χ1) is 11.0. The van der Waals surface area contributed by atoms with Crippen LogP contribution in [-0.2, 0) is 6.54 Å². The molecule has 23 heavy (non-hydrogen) atoms. The molecule has 0 aliphatic carbocycles. The molecule has 0 unspecified atom stereocenters. The molecule has 0 amide bonds. The SMILES string of the molecule is CN(Cc1cccc([N+](=O)[O-])c1)N=Nc1ccc(C(=O)O)cc1. The maximum absolute atomic E-state index is 10.7. The molecule has 0 fully saturated rings. The van der Waals surface area contributed by atoms with Gasteiger partial charge in [-0.3, -0.25) is 15.1 Å². The van der Waals surface area contributed by atoms with E-state index < -0.39 is 10.9 Å². The molecule has 0 bridgehead atoms. The van der Waals surface area contributed by atoms with Gasteiger partial charge in [-0.25, -0.2) is 4.79 Å². The van der Waals surface area contributed by atoms with Crippen molar-refractivity contribution in [1.29, 1.82) is 0 Å². The van der Waals surface area contributed by atoms with Crippen molar-refractivity contribution in [2.24, 2.45) is 10.3 Å². The van der Waals surface area contributed by atoms with E-state index in [1.54, 1.807) is 31.3 Å². The molecule has 0 spiro atoms. The Morgan fingerprint density at radius 3 is 2.57 bits per heavy atom. The molecule has 0 aromatic heterocycles. The second-order valence-electron chi connectivity index (χ2n) is 4.78. The predicted molar refractivity (Wildman–Crippen MR) is 82.5 cm³/mol. The number of hydrogen-bond donors (Lipinski definition) is 1. The number of aromatic carboxylic acids is 1. The summed E-state index contributed by atoms with van der Waals surface area (Å²) in [6.45, 7) is 0.360. The smallest absolute Gasteiger partial charge is 0.335 e. The van der Waals surface area contributed by atoms with E-state index in [0.717, 1.165) is 5.56 Å². The molecule has 0 heterocycles. The van der Waals surface area contributed by atoms with Crippen LogP contribution in [0.25, 0.3) is 0 Å². The predicted octanol–water partition coefficient (Wildman–Crippen LogP) is 3.42. The van der Waals surface area contributed by atoms with Gasteiger partial charge >= 0.3 is 5.97 Å². The van der Waals surface area contributed by atoms with Gasteiger partial charge in [0.2, 0.25) is 0 Å². The number of rotatable bonds is 6. The molecule has 118 valence electrons. The van der Waals surface area contributed by atoms with Gasteiger partial charge in [0.15, 0.2) is 0 Å². The van der Waals surface area contributed by atoms with Crippen molar-refractivity contribution < 1.29 is 14.8 Å². The van der Waals surface area contributed by atoms with E-state index in [2.05, 4.69) is 10.3 Å². The Hall–Kier alpha value is -3.29. The van der Waals surface area contributed by atoms with E-state index in [1.165, 1.54) is 29.3 Å². The summed E-state index contributed by atoms with van der Waals surface area (Å²) in [5.41, 5.74) is 1.45. The number of nitro groups is 1. The fourth-order valence-electron chi connectivity index (χ4n) is 1.86. The zero-order chi connectivity index (χ0) is 16.8. The normalized spacial score (nSPS) is 10.7. The first kappa shape index (κ1) is 16.1. The highest BCUT2D eigenvalue weighted by Gasteiger charge is 2.07. The molecular weight excluding hydrogens is 300 g/mol. The Bertz CT molecular complexity index is 743. The maximum atomic E-state index is 10.7. The van der Waals surface area contributed by atoms with Crippen LogP contribution in [0.3, 0.4) is 0 Å². The number of nitro benzene ring substituents is 1. The van der Waals surface area contributed by atoms with E-state index in [4.69, 9.17) is 5.11 Å². The van der Waals surface area contributed by atoms with Gasteiger partial charge < -0.3 is 5.11 Å². The van der Waals surface area contributed by atoms with Crippen molar-refractivity contribution in [3.05, 3.63) is 69.8 Å². The first-order valence-corrected chi connectivity index (χ1v) is 6.65. The fourth-order valence-corrected chi connectivity index (χ4v) is 1.86. The second-order valence-corrected chi connectivity index (χ2v) is 4.78. The summed E-state index contributed by atoms with van der Waals surface area (Å²) < 4.78 is 0. The summed E-state index contributed by atoms with van der Waals surface area (Å²) in [7, 11) is 1.69. The molecule has 2 aromatic rings. The molecule has 0 aliphatic heterocycles. The average molecular weight is 314 g/mol. The molecule has 0 aliphatic rings. The van der Waals surface area contributed by atoms with Crippen molar-refractivity contribution in [2.75, 3.05) is 7.05 Å². The molecule has 1 N–H and O–H groups in total. The molecule has 2 rings (SSSR count). The Kier molecular flexibility index (Phi) is 4.98. The lowest BCUT2D eigenvalue weighted by Gasteiger charge is -2.10. The lowest BCUT2D eigenvalue weighted by Crippen LogP contribution is -2.09. The standard InChI is InChI=1S/C15H14N4O4/c1-18(10-11-3-2-4-14(9-11)19(22)23)17-16-13-7-5-12(6-8-13)15(20)21/h2-9H,10H2,1H3,(H,20,21). The van der Waals surface area contributed by atoms with Crippen LogP contribution in [0.15, 0.2) is 58.9 Å². The zero-order valence-corrected chi connectivity index (χ0v) is 12.3. The van der Waals surface area contributed by atoms with Crippen LogP contribution in [0.2, 0.25) is 0 Å². The van der Waals surface area contributed by atoms with Crippen molar-refractivity contribution in [3.63, 3.8) is 0 Å².